The van der Waals surface area contributed by atoms with Crippen LogP contribution in [-0.2, 0) is 14.3 Å². The predicted octanol–water partition coefficient (Wildman–Crippen LogP) is -0.588. The monoisotopic (exact) mass is 333 g/mol. The Labute approximate surface area is 136 Å². The predicted molar refractivity (Wildman–Crippen MR) is 80.0 cm³/mol. The first-order valence-electron chi connectivity index (χ1n) is 7.51. The summed E-state index contributed by atoms with van der Waals surface area (Å²) in [4.78, 5) is 38.1. The first-order valence-corrected chi connectivity index (χ1v) is 7.51. The highest BCUT2D eigenvalue weighted by Gasteiger charge is 2.38. The van der Waals surface area contributed by atoms with Gasteiger partial charge in [0.1, 0.15) is 6.17 Å². The summed E-state index contributed by atoms with van der Waals surface area (Å²) in [6.45, 7) is 2.79. The van der Waals surface area contributed by atoms with Crippen LogP contribution < -0.4 is 15.6 Å². The molecule has 4 rings (SSSR count). The second-order valence-electron chi connectivity index (χ2n) is 5.69. The summed E-state index contributed by atoms with van der Waals surface area (Å²) in [5.41, 5.74) is 3.10. The van der Waals surface area contributed by atoms with Gasteiger partial charge in [-0.25, -0.2) is 4.79 Å². The molecule has 3 aliphatic heterocycles. The number of esters is 1. The van der Waals surface area contributed by atoms with Crippen LogP contribution in [-0.4, -0.2) is 53.7 Å². The van der Waals surface area contributed by atoms with Gasteiger partial charge in [0.2, 0.25) is 11.2 Å². The van der Waals surface area contributed by atoms with Crippen LogP contribution in [0, 0.1) is 0 Å². The zero-order chi connectivity index (χ0) is 16.8. The Balaban J connectivity index is 1.72. The molecule has 0 radical (unpaired) electrons. The van der Waals surface area contributed by atoms with Gasteiger partial charge in [-0.1, -0.05) is 0 Å². The fourth-order valence-electron chi connectivity index (χ4n) is 2.87. The molecule has 0 spiro atoms. The fraction of sp³-hybridized carbons (Fsp3) is 0.400. The summed E-state index contributed by atoms with van der Waals surface area (Å²) in [6, 6.07) is 1.28. The van der Waals surface area contributed by atoms with E-state index in [1.807, 2.05) is 0 Å². The van der Waals surface area contributed by atoms with Gasteiger partial charge in [-0.15, -0.1) is 0 Å². The zero-order valence-corrected chi connectivity index (χ0v) is 12.9. The van der Waals surface area contributed by atoms with Gasteiger partial charge in [0.15, 0.2) is 5.69 Å². The average Bonchev–Trinajstić information content (AvgIpc) is 2.88. The third-order valence-electron chi connectivity index (χ3n) is 4.10. The molecule has 9 heteroatoms. The number of carbonyl (C=O) groups is 2. The van der Waals surface area contributed by atoms with Crippen molar-refractivity contribution in [3.05, 3.63) is 39.8 Å². The minimum Gasteiger partial charge on any atom is -0.444 e. The Morgan fingerprint density at radius 1 is 1.33 bits per heavy atom. The number of ether oxygens (including phenoxy) is 3. The normalized spacial score (nSPS) is 25.4. The van der Waals surface area contributed by atoms with Crippen molar-refractivity contribution in [2.24, 2.45) is 0 Å². The lowest BCUT2D eigenvalue weighted by Gasteiger charge is -2.41. The highest BCUT2D eigenvalue weighted by molar-refractivity contribution is 5.96. The third-order valence-corrected chi connectivity index (χ3v) is 4.10. The van der Waals surface area contributed by atoms with Crippen molar-refractivity contribution in [1.82, 2.24) is 9.58 Å². The Kier molecular flexibility index (Phi) is 3.31. The molecule has 9 nitrogen and oxygen atoms in total. The summed E-state index contributed by atoms with van der Waals surface area (Å²) < 4.78 is 17.3. The van der Waals surface area contributed by atoms with E-state index in [1.54, 1.807) is 11.8 Å². The molecule has 0 aromatic carbocycles. The third kappa shape index (κ3) is 2.24. The number of carbonyl (C=O) groups excluding carboxylic acids is 2. The molecule has 0 saturated carbocycles. The molecule has 2 atom stereocenters. The zero-order valence-electron chi connectivity index (χ0n) is 12.9. The molecule has 126 valence electrons. The maximum atomic E-state index is 12.8. The molecule has 1 unspecified atom stereocenters. The number of pyridine rings is 1. The van der Waals surface area contributed by atoms with E-state index in [1.165, 1.54) is 23.0 Å². The van der Waals surface area contributed by atoms with E-state index in [0.29, 0.717) is 25.3 Å². The molecule has 1 N–H and O–H groups in total. The molecule has 0 bridgehead atoms. The second-order valence-corrected chi connectivity index (χ2v) is 5.69. The van der Waals surface area contributed by atoms with Gasteiger partial charge >= 0.3 is 5.97 Å². The summed E-state index contributed by atoms with van der Waals surface area (Å²) >= 11 is 0. The Bertz CT molecular complexity index is 814. The van der Waals surface area contributed by atoms with Crippen molar-refractivity contribution >= 4 is 11.9 Å². The first kappa shape index (κ1) is 14.8. The highest BCUT2D eigenvalue weighted by Crippen LogP contribution is 2.25. The number of amides is 1. The van der Waals surface area contributed by atoms with Crippen LogP contribution in [0.15, 0.2) is 28.7 Å². The minimum atomic E-state index is -1.02. The number of nitrogens with zero attached hydrogens (tertiary/aromatic N) is 2. The standard InChI is InChI=1S/C15H15N3O6/c1-8-6-11(24-15(8)21)23-13-9(19)2-3-18-12(13)14(20)17-4-5-22-7-10(17)16-18/h2-3,6,10-11,16H,4-5,7H2,1H3/t10-,11?/m0/s1. The van der Waals surface area contributed by atoms with E-state index in [2.05, 4.69) is 5.43 Å². The van der Waals surface area contributed by atoms with Gasteiger partial charge in [0.25, 0.3) is 12.2 Å². The molecule has 0 aliphatic carbocycles. The molecular weight excluding hydrogens is 318 g/mol. The molecule has 1 aromatic rings. The van der Waals surface area contributed by atoms with Crippen molar-refractivity contribution in [1.29, 1.82) is 0 Å². The molecule has 1 saturated heterocycles. The van der Waals surface area contributed by atoms with Crippen LogP contribution in [0.1, 0.15) is 17.4 Å². The number of fused-ring (bicyclic) bond motifs is 2. The van der Waals surface area contributed by atoms with Crippen LogP contribution in [0.25, 0.3) is 0 Å². The number of nitrogens with one attached hydrogen (secondary N) is 1. The smallest absolute Gasteiger partial charge is 0.336 e. The van der Waals surface area contributed by atoms with Crippen molar-refractivity contribution < 1.29 is 23.8 Å². The van der Waals surface area contributed by atoms with Crippen LogP contribution in [0.5, 0.6) is 5.75 Å². The number of hydrogen-bond acceptors (Lipinski definition) is 7. The van der Waals surface area contributed by atoms with E-state index >= 15 is 0 Å². The number of hydrogen-bond donors (Lipinski definition) is 1. The average molecular weight is 333 g/mol. The van der Waals surface area contributed by atoms with E-state index in [-0.39, 0.29) is 23.5 Å². The van der Waals surface area contributed by atoms with E-state index in [0.717, 1.165) is 0 Å². The van der Waals surface area contributed by atoms with Crippen LogP contribution in [0.4, 0.5) is 0 Å². The van der Waals surface area contributed by atoms with Gasteiger partial charge in [-0.2, -0.15) is 0 Å². The molecular formula is C15H15N3O6. The number of aromatic nitrogens is 1. The van der Waals surface area contributed by atoms with E-state index in [9.17, 15) is 14.4 Å². The summed E-state index contributed by atoms with van der Waals surface area (Å²) in [5.74, 6) is -0.994. The SMILES string of the molecule is CC1=CC(Oc2c3n(ccc2=O)N[C@@H]2COCCN2C3=O)OC1=O. The van der Waals surface area contributed by atoms with Crippen LogP contribution in [0.3, 0.4) is 0 Å². The molecule has 1 aromatic heterocycles. The van der Waals surface area contributed by atoms with Gasteiger partial charge in [0, 0.05) is 30.5 Å². The second kappa shape index (κ2) is 5.38. The Hall–Kier alpha value is -2.81. The van der Waals surface area contributed by atoms with Gasteiger partial charge < -0.3 is 24.5 Å². The summed E-state index contributed by atoms with van der Waals surface area (Å²) in [6.07, 6.45) is 1.60. The number of morpholine rings is 1. The lowest BCUT2D eigenvalue weighted by atomic mass is 10.2. The van der Waals surface area contributed by atoms with Crippen molar-refractivity contribution in [3.8, 4) is 5.75 Å². The number of cyclic esters (lactones) is 1. The largest absolute Gasteiger partial charge is 0.444 e. The summed E-state index contributed by atoms with van der Waals surface area (Å²) in [7, 11) is 0. The maximum absolute atomic E-state index is 12.8. The molecule has 3 aliphatic rings. The molecule has 4 heterocycles. The number of rotatable bonds is 2. The van der Waals surface area contributed by atoms with Crippen LogP contribution >= 0.6 is 0 Å². The van der Waals surface area contributed by atoms with E-state index < -0.39 is 17.7 Å². The molecule has 24 heavy (non-hydrogen) atoms. The van der Waals surface area contributed by atoms with Crippen molar-refractivity contribution in [2.75, 3.05) is 25.2 Å². The lowest BCUT2D eigenvalue weighted by molar-refractivity contribution is -0.148. The summed E-state index contributed by atoms with van der Waals surface area (Å²) in [5, 5.41) is 0. The maximum Gasteiger partial charge on any atom is 0.336 e. The fourth-order valence-corrected chi connectivity index (χ4v) is 2.87. The minimum absolute atomic E-state index is 0.0784. The first-order chi connectivity index (χ1) is 11.5. The Morgan fingerprint density at radius 3 is 2.92 bits per heavy atom. The lowest BCUT2D eigenvalue weighted by Crippen LogP contribution is -2.59. The van der Waals surface area contributed by atoms with E-state index in [4.69, 9.17) is 14.2 Å². The van der Waals surface area contributed by atoms with Crippen molar-refractivity contribution in [3.63, 3.8) is 0 Å². The van der Waals surface area contributed by atoms with Crippen molar-refractivity contribution in [2.45, 2.75) is 19.4 Å². The van der Waals surface area contributed by atoms with Crippen LogP contribution in [0.2, 0.25) is 0 Å². The quantitative estimate of drug-likeness (QED) is 0.722. The van der Waals surface area contributed by atoms with Gasteiger partial charge in [-0.05, 0) is 6.92 Å². The molecule has 1 fully saturated rings. The Morgan fingerprint density at radius 2 is 2.17 bits per heavy atom. The highest BCUT2D eigenvalue weighted by atomic mass is 16.7. The molecule has 1 amide bonds. The van der Waals surface area contributed by atoms with Gasteiger partial charge in [-0.3, -0.25) is 14.3 Å². The van der Waals surface area contributed by atoms with Gasteiger partial charge in [0.05, 0.1) is 13.2 Å². The topological polar surface area (TPSA) is 99.1 Å².